The lowest BCUT2D eigenvalue weighted by Crippen LogP contribution is -2.15. The smallest absolute Gasteiger partial charge is 0.234 e. The van der Waals surface area contributed by atoms with Crippen molar-refractivity contribution in [1.29, 1.82) is 0 Å². The van der Waals surface area contributed by atoms with Gasteiger partial charge in [-0.25, -0.2) is 4.39 Å². The molecule has 0 aliphatic heterocycles. The van der Waals surface area contributed by atoms with E-state index in [4.69, 9.17) is 9.47 Å². The first-order chi connectivity index (χ1) is 11.0. The van der Waals surface area contributed by atoms with Gasteiger partial charge in [-0.2, -0.15) is 0 Å². The van der Waals surface area contributed by atoms with Gasteiger partial charge in [0.25, 0.3) is 0 Å². The first-order valence-corrected chi connectivity index (χ1v) is 7.93. The summed E-state index contributed by atoms with van der Waals surface area (Å²) in [6.45, 7) is 1.88. The van der Waals surface area contributed by atoms with Crippen molar-refractivity contribution in [2.45, 2.75) is 11.8 Å². The van der Waals surface area contributed by atoms with Gasteiger partial charge in [0.1, 0.15) is 5.82 Å². The van der Waals surface area contributed by atoms with Crippen molar-refractivity contribution in [3.8, 4) is 11.5 Å². The molecule has 0 aliphatic carbocycles. The lowest BCUT2D eigenvalue weighted by atomic mass is 10.1. The Hall–Kier alpha value is -2.21. The monoisotopic (exact) mass is 335 g/mol. The molecule has 0 fully saturated rings. The number of hydrogen-bond donors (Lipinski definition) is 1. The van der Waals surface area contributed by atoms with Gasteiger partial charge in [0.05, 0.1) is 20.0 Å². The predicted octanol–water partition coefficient (Wildman–Crippen LogP) is 3.88. The maximum absolute atomic E-state index is 12.8. The second-order valence-corrected chi connectivity index (χ2v) is 5.86. The highest BCUT2D eigenvalue weighted by Gasteiger charge is 2.11. The molecule has 4 nitrogen and oxygen atoms in total. The van der Waals surface area contributed by atoms with Gasteiger partial charge in [-0.3, -0.25) is 4.79 Å². The molecule has 0 unspecified atom stereocenters. The summed E-state index contributed by atoms with van der Waals surface area (Å²) in [5.41, 5.74) is 1.55. The van der Waals surface area contributed by atoms with Crippen LogP contribution in [0.4, 0.5) is 10.1 Å². The summed E-state index contributed by atoms with van der Waals surface area (Å²) in [4.78, 5) is 12.9. The van der Waals surface area contributed by atoms with Crippen molar-refractivity contribution in [3.05, 3.63) is 47.8 Å². The molecular formula is C17H18FNO3S. The standard InChI is InChI=1S/C17H18FNO3S/c1-11-8-15(21-2)16(22-3)9-14(11)19-17(20)10-23-13-6-4-12(18)5-7-13/h4-9H,10H2,1-3H3,(H,19,20). The Bertz CT molecular complexity index is 689. The molecule has 2 rings (SSSR count). The summed E-state index contributed by atoms with van der Waals surface area (Å²) in [5.74, 6) is 0.969. The van der Waals surface area contributed by atoms with Crippen LogP contribution in [0.25, 0.3) is 0 Å². The van der Waals surface area contributed by atoms with Crippen LogP contribution in [0.3, 0.4) is 0 Å². The summed E-state index contributed by atoms with van der Waals surface area (Å²) in [7, 11) is 3.11. The minimum Gasteiger partial charge on any atom is -0.493 e. The van der Waals surface area contributed by atoms with Gasteiger partial charge in [-0.05, 0) is 42.8 Å². The number of carbonyl (C=O) groups excluding carboxylic acids is 1. The number of methoxy groups -OCH3 is 2. The number of nitrogens with one attached hydrogen (secondary N) is 1. The number of benzene rings is 2. The third-order valence-corrected chi connectivity index (χ3v) is 4.20. The van der Waals surface area contributed by atoms with Crippen LogP contribution < -0.4 is 14.8 Å². The molecule has 0 saturated carbocycles. The summed E-state index contributed by atoms with van der Waals surface area (Å²) >= 11 is 1.35. The zero-order chi connectivity index (χ0) is 16.8. The Kier molecular flexibility index (Phi) is 5.87. The fraction of sp³-hybridized carbons (Fsp3) is 0.235. The molecule has 2 aromatic rings. The topological polar surface area (TPSA) is 47.6 Å². The van der Waals surface area contributed by atoms with E-state index in [0.717, 1.165) is 10.5 Å². The number of anilines is 1. The molecule has 0 aromatic heterocycles. The number of thioether (sulfide) groups is 1. The summed E-state index contributed by atoms with van der Waals surface area (Å²) in [5, 5.41) is 2.85. The van der Waals surface area contributed by atoms with E-state index >= 15 is 0 Å². The van der Waals surface area contributed by atoms with E-state index in [-0.39, 0.29) is 17.5 Å². The molecule has 0 atom stereocenters. The van der Waals surface area contributed by atoms with Crippen molar-refractivity contribution >= 4 is 23.4 Å². The number of aryl methyl sites for hydroxylation is 1. The van der Waals surface area contributed by atoms with Gasteiger partial charge in [-0.15, -0.1) is 11.8 Å². The third-order valence-electron chi connectivity index (χ3n) is 3.19. The van der Waals surface area contributed by atoms with Crippen LogP contribution in [-0.4, -0.2) is 25.9 Å². The number of amides is 1. The predicted molar refractivity (Wildman–Crippen MR) is 90.0 cm³/mol. The first kappa shape index (κ1) is 17.1. The Morgan fingerprint density at radius 2 is 1.74 bits per heavy atom. The third kappa shape index (κ3) is 4.63. The van der Waals surface area contributed by atoms with Crippen LogP contribution >= 0.6 is 11.8 Å². The molecule has 1 N–H and O–H groups in total. The van der Waals surface area contributed by atoms with Crippen molar-refractivity contribution in [2.75, 3.05) is 25.3 Å². The number of halogens is 1. The van der Waals surface area contributed by atoms with Crippen LogP contribution in [0.5, 0.6) is 11.5 Å². The molecular weight excluding hydrogens is 317 g/mol. The number of ether oxygens (including phenoxy) is 2. The van der Waals surface area contributed by atoms with Gasteiger partial charge in [0, 0.05) is 16.6 Å². The van der Waals surface area contributed by atoms with Gasteiger partial charge < -0.3 is 14.8 Å². The fourth-order valence-corrected chi connectivity index (χ4v) is 2.68. The molecule has 23 heavy (non-hydrogen) atoms. The molecule has 0 spiro atoms. The van der Waals surface area contributed by atoms with Crippen molar-refractivity contribution in [3.63, 3.8) is 0 Å². The zero-order valence-electron chi connectivity index (χ0n) is 13.2. The highest BCUT2D eigenvalue weighted by atomic mass is 32.2. The highest BCUT2D eigenvalue weighted by Crippen LogP contribution is 2.33. The molecule has 0 bridgehead atoms. The summed E-state index contributed by atoms with van der Waals surface area (Å²) < 4.78 is 23.3. The Labute approximate surface area is 139 Å². The molecule has 122 valence electrons. The molecule has 1 amide bonds. The maximum Gasteiger partial charge on any atom is 0.234 e. The van der Waals surface area contributed by atoms with E-state index in [1.54, 1.807) is 32.4 Å². The van der Waals surface area contributed by atoms with Crippen LogP contribution in [0, 0.1) is 12.7 Å². The molecule has 6 heteroatoms. The van der Waals surface area contributed by atoms with Gasteiger partial charge in [-0.1, -0.05) is 0 Å². The largest absolute Gasteiger partial charge is 0.493 e. The minimum absolute atomic E-state index is 0.144. The average molecular weight is 335 g/mol. The van der Waals surface area contributed by atoms with E-state index in [9.17, 15) is 9.18 Å². The quantitative estimate of drug-likeness (QED) is 0.814. The van der Waals surface area contributed by atoms with E-state index in [1.807, 2.05) is 13.0 Å². The van der Waals surface area contributed by atoms with Crippen LogP contribution in [0.15, 0.2) is 41.3 Å². The zero-order valence-corrected chi connectivity index (χ0v) is 14.0. The molecule has 0 radical (unpaired) electrons. The Balaban J connectivity index is 2.01. The van der Waals surface area contributed by atoms with Gasteiger partial charge >= 0.3 is 0 Å². The molecule has 2 aromatic carbocycles. The van der Waals surface area contributed by atoms with Crippen molar-refractivity contribution < 1.29 is 18.7 Å². The van der Waals surface area contributed by atoms with Gasteiger partial charge in [0.15, 0.2) is 11.5 Å². The normalized spacial score (nSPS) is 10.3. The SMILES string of the molecule is COc1cc(C)c(NC(=O)CSc2ccc(F)cc2)cc1OC. The first-order valence-electron chi connectivity index (χ1n) is 6.94. The summed E-state index contributed by atoms with van der Waals surface area (Å²) in [6.07, 6.45) is 0. The Morgan fingerprint density at radius 1 is 1.13 bits per heavy atom. The number of carbonyl (C=O) groups is 1. The lowest BCUT2D eigenvalue weighted by Gasteiger charge is -2.13. The van der Waals surface area contributed by atoms with E-state index in [2.05, 4.69) is 5.32 Å². The van der Waals surface area contributed by atoms with Crippen LogP contribution in [0.1, 0.15) is 5.56 Å². The van der Waals surface area contributed by atoms with E-state index in [0.29, 0.717) is 17.2 Å². The Morgan fingerprint density at radius 3 is 2.35 bits per heavy atom. The number of rotatable bonds is 6. The second-order valence-electron chi connectivity index (χ2n) is 4.81. The minimum atomic E-state index is -0.292. The average Bonchev–Trinajstić information content (AvgIpc) is 2.55. The van der Waals surface area contributed by atoms with Crippen LogP contribution in [0.2, 0.25) is 0 Å². The summed E-state index contributed by atoms with van der Waals surface area (Å²) in [6, 6.07) is 9.58. The lowest BCUT2D eigenvalue weighted by molar-refractivity contribution is -0.113. The van der Waals surface area contributed by atoms with E-state index in [1.165, 1.54) is 23.9 Å². The van der Waals surface area contributed by atoms with E-state index < -0.39 is 0 Å². The van der Waals surface area contributed by atoms with Gasteiger partial charge in [0.2, 0.25) is 5.91 Å². The molecule has 0 heterocycles. The number of hydrogen-bond acceptors (Lipinski definition) is 4. The molecule has 0 saturated heterocycles. The van der Waals surface area contributed by atoms with Crippen molar-refractivity contribution in [1.82, 2.24) is 0 Å². The molecule has 0 aliphatic rings. The highest BCUT2D eigenvalue weighted by molar-refractivity contribution is 8.00. The van der Waals surface area contributed by atoms with Crippen molar-refractivity contribution in [2.24, 2.45) is 0 Å². The maximum atomic E-state index is 12.8. The van der Waals surface area contributed by atoms with Crippen LogP contribution in [-0.2, 0) is 4.79 Å². The second kappa shape index (κ2) is 7.87. The fourth-order valence-electron chi connectivity index (χ4n) is 1.98.